The zero-order valence-corrected chi connectivity index (χ0v) is 11.5. The van der Waals surface area contributed by atoms with Gasteiger partial charge in [-0.1, -0.05) is 12.1 Å². The van der Waals surface area contributed by atoms with Crippen molar-refractivity contribution in [3.05, 3.63) is 66.2 Å². The Hall–Kier alpha value is -2.40. The fourth-order valence-electron chi connectivity index (χ4n) is 2.31. The number of nitrogens with zero attached hydrogens (tertiary/aromatic N) is 4. The van der Waals surface area contributed by atoms with Crippen LogP contribution in [0.4, 0.5) is 0 Å². The van der Waals surface area contributed by atoms with Crippen molar-refractivity contribution in [2.24, 2.45) is 0 Å². The van der Waals surface area contributed by atoms with Gasteiger partial charge < -0.3 is 8.97 Å². The highest BCUT2D eigenvalue weighted by atomic mass is 32.1. The molecule has 20 heavy (non-hydrogen) atoms. The summed E-state index contributed by atoms with van der Waals surface area (Å²) in [6.45, 7) is 0.731. The number of hydrogen-bond acceptors (Lipinski definition) is 3. The second-order valence-corrected chi connectivity index (χ2v) is 5.50. The van der Waals surface area contributed by atoms with Crippen molar-refractivity contribution in [3.8, 4) is 10.7 Å². The highest BCUT2D eigenvalue weighted by Gasteiger charge is 2.09. The van der Waals surface area contributed by atoms with Crippen molar-refractivity contribution in [1.82, 2.24) is 18.9 Å². The Labute approximate surface area is 120 Å². The largest absolute Gasteiger partial charge is 0.324 e. The molecule has 0 fully saturated rings. The summed E-state index contributed by atoms with van der Waals surface area (Å²) in [4.78, 5) is 10.3. The molecule has 0 radical (unpaired) electrons. The van der Waals surface area contributed by atoms with Gasteiger partial charge in [0.2, 0.25) is 0 Å². The molecule has 4 heterocycles. The number of imidazole rings is 2. The summed E-state index contributed by atoms with van der Waals surface area (Å²) < 4.78 is 4.17. The van der Waals surface area contributed by atoms with Crippen molar-refractivity contribution in [2.75, 3.05) is 0 Å². The molecule has 98 valence electrons. The first-order chi connectivity index (χ1) is 9.90. The molecular formula is C15H12N4S. The van der Waals surface area contributed by atoms with Gasteiger partial charge in [-0.05, 0) is 23.6 Å². The summed E-state index contributed by atoms with van der Waals surface area (Å²) in [5, 5.41) is 2.07. The van der Waals surface area contributed by atoms with E-state index in [0.717, 1.165) is 23.7 Å². The van der Waals surface area contributed by atoms with E-state index >= 15 is 0 Å². The molecule has 0 aliphatic rings. The van der Waals surface area contributed by atoms with Crippen LogP contribution in [0, 0.1) is 0 Å². The van der Waals surface area contributed by atoms with Crippen molar-refractivity contribution in [2.45, 2.75) is 6.54 Å². The molecule has 0 saturated carbocycles. The molecule has 4 nitrogen and oxygen atoms in total. The van der Waals surface area contributed by atoms with E-state index in [1.165, 1.54) is 4.88 Å². The third-order valence-corrected chi connectivity index (χ3v) is 4.07. The summed E-state index contributed by atoms with van der Waals surface area (Å²) in [7, 11) is 0. The fraction of sp³-hybridized carbons (Fsp3) is 0.0667. The van der Waals surface area contributed by atoms with Gasteiger partial charge in [0.15, 0.2) is 0 Å². The third-order valence-electron chi connectivity index (χ3n) is 3.20. The lowest BCUT2D eigenvalue weighted by Gasteiger charge is -2.03. The monoisotopic (exact) mass is 280 g/mol. The van der Waals surface area contributed by atoms with E-state index in [2.05, 4.69) is 32.2 Å². The molecule has 0 N–H and O–H groups in total. The van der Waals surface area contributed by atoms with Crippen LogP contribution in [0.2, 0.25) is 0 Å². The van der Waals surface area contributed by atoms with Crippen LogP contribution in [0.3, 0.4) is 0 Å². The quantitative estimate of drug-likeness (QED) is 0.577. The van der Waals surface area contributed by atoms with Crippen LogP contribution in [0.15, 0.2) is 60.5 Å². The highest BCUT2D eigenvalue weighted by Crippen LogP contribution is 2.23. The summed E-state index contributed by atoms with van der Waals surface area (Å²) in [5.74, 6) is 0.997. The summed E-state index contributed by atoms with van der Waals surface area (Å²) in [5.41, 5.74) is 2.01. The van der Waals surface area contributed by atoms with E-state index in [-0.39, 0.29) is 0 Å². The molecule has 5 heteroatoms. The minimum atomic E-state index is 0.731. The van der Waals surface area contributed by atoms with E-state index < -0.39 is 0 Å². The highest BCUT2D eigenvalue weighted by molar-refractivity contribution is 7.13. The molecule has 4 aromatic rings. The molecule has 0 saturated heterocycles. The van der Waals surface area contributed by atoms with Crippen molar-refractivity contribution < 1.29 is 0 Å². The van der Waals surface area contributed by atoms with Gasteiger partial charge in [-0.3, -0.25) is 0 Å². The van der Waals surface area contributed by atoms with Gasteiger partial charge in [0.05, 0.1) is 17.1 Å². The second kappa shape index (κ2) is 4.61. The standard InChI is InChI=1S/C15H12N4S/c1-2-7-18-10-12(17-14(18)5-1)11-19-8-6-16-15(19)13-4-3-9-20-13/h1-10H,11H2. The molecule has 0 aliphatic heterocycles. The van der Waals surface area contributed by atoms with Gasteiger partial charge >= 0.3 is 0 Å². The number of rotatable bonds is 3. The first-order valence-electron chi connectivity index (χ1n) is 6.38. The van der Waals surface area contributed by atoms with Gasteiger partial charge in [0.1, 0.15) is 11.5 Å². The minimum Gasteiger partial charge on any atom is -0.324 e. The molecule has 0 amide bonds. The van der Waals surface area contributed by atoms with Crippen LogP contribution in [-0.4, -0.2) is 18.9 Å². The van der Waals surface area contributed by atoms with Gasteiger partial charge in [0, 0.05) is 24.8 Å². The zero-order chi connectivity index (χ0) is 13.4. The van der Waals surface area contributed by atoms with Crippen LogP contribution in [0.25, 0.3) is 16.3 Å². The first-order valence-corrected chi connectivity index (χ1v) is 7.26. The van der Waals surface area contributed by atoms with E-state index in [1.807, 2.05) is 47.3 Å². The predicted molar refractivity (Wildman–Crippen MR) is 79.8 cm³/mol. The molecule has 0 atom stereocenters. The number of thiophene rings is 1. The smallest absolute Gasteiger partial charge is 0.150 e. The molecule has 0 spiro atoms. The normalized spacial score (nSPS) is 11.2. The van der Waals surface area contributed by atoms with E-state index in [0.29, 0.717) is 0 Å². The number of pyridine rings is 1. The Bertz CT molecular complexity index is 809. The Kier molecular flexibility index (Phi) is 2.63. The molecule has 0 aromatic carbocycles. The molecule has 0 aliphatic carbocycles. The predicted octanol–water partition coefficient (Wildman–Crippen LogP) is 3.31. The molecule has 0 unspecified atom stereocenters. The Morgan fingerprint density at radius 2 is 2.10 bits per heavy atom. The van der Waals surface area contributed by atoms with E-state index in [1.54, 1.807) is 11.3 Å². The van der Waals surface area contributed by atoms with Gasteiger partial charge in [-0.25, -0.2) is 9.97 Å². The maximum absolute atomic E-state index is 4.63. The zero-order valence-electron chi connectivity index (χ0n) is 10.7. The van der Waals surface area contributed by atoms with Gasteiger partial charge in [-0.2, -0.15) is 0 Å². The molecule has 4 rings (SSSR count). The molecule has 4 aromatic heterocycles. The Balaban J connectivity index is 1.71. The number of aromatic nitrogens is 4. The fourth-order valence-corrected chi connectivity index (χ4v) is 3.04. The van der Waals surface area contributed by atoms with Crippen LogP contribution < -0.4 is 0 Å². The van der Waals surface area contributed by atoms with Crippen molar-refractivity contribution >= 4 is 17.0 Å². The van der Waals surface area contributed by atoms with Gasteiger partial charge in [0.25, 0.3) is 0 Å². The number of hydrogen-bond donors (Lipinski definition) is 0. The van der Waals surface area contributed by atoms with Gasteiger partial charge in [-0.15, -0.1) is 11.3 Å². The van der Waals surface area contributed by atoms with E-state index in [9.17, 15) is 0 Å². The summed E-state index contributed by atoms with van der Waals surface area (Å²) >= 11 is 1.70. The Morgan fingerprint density at radius 1 is 1.10 bits per heavy atom. The third kappa shape index (κ3) is 1.92. The summed E-state index contributed by atoms with van der Waals surface area (Å²) in [6.07, 6.45) is 7.91. The lowest BCUT2D eigenvalue weighted by atomic mass is 10.4. The maximum atomic E-state index is 4.63. The topological polar surface area (TPSA) is 35.1 Å². The minimum absolute atomic E-state index is 0.731. The van der Waals surface area contributed by atoms with E-state index in [4.69, 9.17) is 0 Å². The van der Waals surface area contributed by atoms with Crippen LogP contribution in [-0.2, 0) is 6.54 Å². The second-order valence-electron chi connectivity index (χ2n) is 4.55. The number of fused-ring (bicyclic) bond motifs is 1. The van der Waals surface area contributed by atoms with Crippen molar-refractivity contribution in [3.63, 3.8) is 0 Å². The SMILES string of the molecule is c1csc(-c2nccn2Cc2cn3ccccc3n2)c1. The molecule has 0 bridgehead atoms. The lowest BCUT2D eigenvalue weighted by Crippen LogP contribution is -2.00. The average Bonchev–Trinajstić information content (AvgIpc) is 3.18. The first kappa shape index (κ1) is 11.4. The Morgan fingerprint density at radius 3 is 2.95 bits per heavy atom. The van der Waals surface area contributed by atoms with Crippen molar-refractivity contribution in [1.29, 1.82) is 0 Å². The lowest BCUT2D eigenvalue weighted by molar-refractivity contribution is 0.789. The maximum Gasteiger partial charge on any atom is 0.150 e. The van der Waals surface area contributed by atoms with Crippen LogP contribution in [0.5, 0.6) is 0 Å². The average molecular weight is 280 g/mol. The van der Waals surface area contributed by atoms with Crippen LogP contribution >= 0.6 is 11.3 Å². The molecular weight excluding hydrogens is 268 g/mol. The van der Waals surface area contributed by atoms with Crippen LogP contribution in [0.1, 0.15) is 5.69 Å². The summed E-state index contributed by atoms with van der Waals surface area (Å²) in [6, 6.07) is 10.2.